The van der Waals surface area contributed by atoms with E-state index in [2.05, 4.69) is 51.7 Å². The number of hydrogen-bond acceptors (Lipinski definition) is 4. The maximum atomic E-state index is 13.0. The van der Waals surface area contributed by atoms with Gasteiger partial charge in [0.15, 0.2) is 0 Å². The average Bonchev–Trinajstić information content (AvgIpc) is 3.41. The van der Waals surface area contributed by atoms with Gasteiger partial charge in [-0.25, -0.2) is 0 Å². The fourth-order valence-corrected chi connectivity index (χ4v) is 4.92. The Morgan fingerprint density at radius 1 is 1.18 bits per heavy atom. The van der Waals surface area contributed by atoms with E-state index in [-0.39, 0.29) is 11.8 Å². The summed E-state index contributed by atoms with van der Waals surface area (Å²) in [6, 6.07) is 17.0. The lowest BCUT2D eigenvalue weighted by atomic mass is 9.90. The van der Waals surface area contributed by atoms with Gasteiger partial charge in [-0.05, 0) is 54.5 Å². The van der Waals surface area contributed by atoms with Crippen LogP contribution in [0.3, 0.4) is 0 Å². The minimum Gasteiger partial charge on any atom is -0.497 e. The number of benzene rings is 2. The summed E-state index contributed by atoms with van der Waals surface area (Å²) in [4.78, 5) is 18.8. The molecule has 2 atom stereocenters. The number of aromatic amines is 1. The van der Waals surface area contributed by atoms with Crippen molar-refractivity contribution < 1.29 is 14.3 Å². The largest absolute Gasteiger partial charge is 0.497 e. The number of hydrogen-bond donors (Lipinski definition) is 2. The minimum atomic E-state index is 0.0496. The first-order valence-corrected chi connectivity index (χ1v) is 12.0. The number of aromatic nitrogens is 1. The molecule has 1 saturated carbocycles. The van der Waals surface area contributed by atoms with Crippen LogP contribution in [0.5, 0.6) is 5.75 Å². The van der Waals surface area contributed by atoms with Gasteiger partial charge in [0, 0.05) is 48.8 Å². The van der Waals surface area contributed by atoms with Gasteiger partial charge in [-0.1, -0.05) is 30.3 Å². The van der Waals surface area contributed by atoms with Gasteiger partial charge >= 0.3 is 0 Å². The van der Waals surface area contributed by atoms with Gasteiger partial charge in [-0.2, -0.15) is 0 Å². The molecule has 1 aliphatic carbocycles. The number of para-hydroxylation sites is 1. The van der Waals surface area contributed by atoms with Crippen LogP contribution in [0.2, 0.25) is 0 Å². The van der Waals surface area contributed by atoms with Crippen LogP contribution >= 0.6 is 0 Å². The highest BCUT2D eigenvalue weighted by molar-refractivity contribution is 5.84. The highest BCUT2D eigenvalue weighted by Crippen LogP contribution is 2.32. The Hall–Kier alpha value is -2.83. The first-order valence-electron chi connectivity index (χ1n) is 12.0. The van der Waals surface area contributed by atoms with Crippen LogP contribution in [0.25, 0.3) is 10.9 Å². The molecule has 0 spiro atoms. The third-order valence-electron chi connectivity index (χ3n) is 6.94. The second kappa shape index (κ2) is 9.98. The molecule has 2 heterocycles. The van der Waals surface area contributed by atoms with Crippen molar-refractivity contribution in [2.75, 3.05) is 40.0 Å². The number of nitrogens with one attached hydrogen (secondary N) is 2. The van der Waals surface area contributed by atoms with Crippen LogP contribution in [0.4, 0.5) is 0 Å². The topological polar surface area (TPSA) is 66.6 Å². The predicted molar refractivity (Wildman–Crippen MR) is 130 cm³/mol. The lowest BCUT2D eigenvalue weighted by Gasteiger charge is -2.25. The van der Waals surface area contributed by atoms with Crippen molar-refractivity contribution in [3.63, 3.8) is 0 Å². The van der Waals surface area contributed by atoms with Crippen LogP contribution in [0, 0.1) is 5.92 Å². The van der Waals surface area contributed by atoms with Crippen molar-refractivity contribution in [2.45, 2.75) is 31.2 Å². The van der Waals surface area contributed by atoms with E-state index in [0.717, 1.165) is 43.0 Å². The molecule has 6 nitrogen and oxygen atoms in total. The van der Waals surface area contributed by atoms with Crippen LogP contribution in [-0.2, 0) is 9.53 Å². The van der Waals surface area contributed by atoms with Gasteiger partial charge in [-0.3, -0.25) is 9.69 Å². The molecule has 1 aromatic heterocycles. The zero-order chi connectivity index (χ0) is 22.6. The first-order chi connectivity index (χ1) is 16.2. The fraction of sp³-hybridized carbons (Fsp3) is 0.444. The monoisotopic (exact) mass is 447 g/mol. The summed E-state index contributed by atoms with van der Waals surface area (Å²) in [6.07, 6.45) is 5.57. The van der Waals surface area contributed by atoms with Crippen molar-refractivity contribution >= 4 is 16.8 Å². The van der Waals surface area contributed by atoms with E-state index in [1.807, 2.05) is 18.2 Å². The molecule has 0 radical (unpaired) electrons. The number of nitrogens with zero attached hydrogens (tertiary/aromatic N) is 1. The second-order valence-corrected chi connectivity index (χ2v) is 9.31. The summed E-state index contributed by atoms with van der Waals surface area (Å²) in [7, 11) is 1.68. The maximum Gasteiger partial charge on any atom is 0.234 e. The summed E-state index contributed by atoms with van der Waals surface area (Å²) in [5, 5.41) is 4.43. The number of ether oxygens (including phenoxy) is 2. The smallest absolute Gasteiger partial charge is 0.234 e. The van der Waals surface area contributed by atoms with Crippen molar-refractivity contribution in [1.29, 1.82) is 0 Å². The van der Waals surface area contributed by atoms with Crippen molar-refractivity contribution in [2.24, 2.45) is 5.92 Å². The van der Waals surface area contributed by atoms with E-state index < -0.39 is 0 Å². The Morgan fingerprint density at radius 3 is 2.73 bits per heavy atom. The number of methoxy groups -OCH3 is 1. The minimum absolute atomic E-state index is 0.0496. The van der Waals surface area contributed by atoms with Gasteiger partial charge in [0.1, 0.15) is 5.75 Å². The standard InChI is InChI=1S/C27H33N3O3/c1-32-22-10-6-20(7-11-22)24(25-15-28-26-5-3-2-4-23(25)26)14-29-27(31)17-30(21-8-9-21)16-19-12-13-33-18-19/h2-7,10-11,15,19,21,24,28H,8-9,12-14,16-18H2,1H3,(H,29,31)/t19-,24+/m0/s1. The summed E-state index contributed by atoms with van der Waals surface area (Å²) < 4.78 is 10.9. The highest BCUT2D eigenvalue weighted by atomic mass is 16.5. The van der Waals surface area contributed by atoms with Crippen LogP contribution in [-0.4, -0.2) is 61.8 Å². The van der Waals surface area contributed by atoms with Crippen molar-refractivity contribution in [1.82, 2.24) is 15.2 Å². The molecule has 2 N–H and O–H groups in total. The molecule has 5 rings (SSSR count). The van der Waals surface area contributed by atoms with Crippen LogP contribution in [0.15, 0.2) is 54.7 Å². The molecular weight excluding hydrogens is 414 g/mol. The fourth-order valence-electron chi connectivity index (χ4n) is 4.92. The Kier molecular flexibility index (Phi) is 6.65. The molecule has 174 valence electrons. The van der Waals surface area contributed by atoms with Gasteiger partial charge in [-0.15, -0.1) is 0 Å². The van der Waals surface area contributed by atoms with Crippen LogP contribution in [0.1, 0.15) is 36.3 Å². The SMILES string of the molecule is COc1ccc([C@@H](CNC(=O)CN(C[C@@H]2CCOC2)C2CC2)c2c[nH]c3ccccc23)cc1. The van der Waals surface area contributed by atoms with Crippen molar-refractivity contribution in [3.05, 3.63) is 65.9 Å². The molecule has 1 aliphatic heterocycles. The summed E-state index contributed by atoms with van der Waals surface area (Å²) in [6.45, 7) is 3.65. The van der Waals surface area contributed by atoms with Crippen molar-refractivity contribution in [3.8, 4) is 5.75 Å². The molecule has 0 unspecified atom stereocenters. The zero-order valence-electron chi connectivity index (χ0n) is 19.3. The van der Waals surface area contributed by atoms with E-state index in [4.69, 9.17) is 9.47 Å². The quantitative estimate of drug-likeness (QED) is 0.494. The lowest BCUT2D eigenvalue weighted by molar-refractivity contribution is -0.122. The molecule has 3 aromatic rings. The molecule has 2 aromatic carbocycles. The molecule has 2 aliphatic rings. The Balaban J connectivity index is 1.30. The van der Waals surface area contributed by atoms with Crippen LogP contribution < -0.4 is 10.1 Å². The third-order valence-corrected chi connectivity index (χ3v) is 6.94. The normalized spacial score (nSPS) is 19.2. The van der Waals surface area contributed by atoms with Gasteiger partial charge < -0.3 is 19.8 Å². The average molecular weight is 448 g/mol. The predicted octanol–water partition coefficient (Wildman–Crippen LogP) is 3.93. The zero-order valence-corrected chi connectivity index (χ0v) is 19.3. The molecule has 1 saturated heterocycles. The highest BCUT2D eigenvalue weighted by Gasteiger charge is 2.33. The first kappa shape index (κ1) is 22.0. The number of amides is 1. The summed E-state index contributed by atoms with van der Waals surface area (Å²) >= 11 is 0. The number of carbonyl (C=O) groups is 1. The second-order valence-electron chi connectivity index (χ2n) is 9.31. The van der Waals surface area contributed by atoms with Gasteiger partial charge in [0.05, 0.1) is 20.3 Å². The molecule has 1 amide bonds. The third kappa shape index (κ3) is 5.23. The number of fused-ring (bicyclic) bond motifs is 1. The van der Waals surface area contributed by atoms with Gasteiger partial charge in [0.25, 0.3) is 0 Å². The molecular formula is C27H33N3O3. The maximum absolute atomic E-state index is 13.0. The summed E-state index contributed by atoms with van der Waals surface area (Å²) in [5.41, 5.74) is 3.46. The molecule has 2 fully saturated rings. The molecule has 0 bridgehead atoms. The van der Waals surface area contributed by atoms with E-state index in [0.29, 0.717) is 25.0 Å². The molecule has 33 heavy (non-hydrogen) atoms. The molecule has 6 heteroatoms. The lowest BCUT2D eigenvalue weighted by Crippen LogP contribution is -2.42. The van der Waals surface area contributed by atoms with E-state index >= 15 is 0 Å². The number of rotatable bonds is 10. The van der Waals surface area contributed by atoms with E-state index in [1.54, 1.807) is 7.11 Å². The Bertz CT molecular complexity index is 1070. The Morgan fingerprint density at radius 2 is 2.00 bits per heavy atom. The number of carbonyl (C=O) groups excluding carboxylic acids is 1. The van der Waals surface area contributed by atoms with Gasteiger partial charge in [0.2, 0.25) is 5.91 Å². The Labute approximate surface area is 195 Å². The summed E-state index contributed by atoms with van der Waals surface area (Å²) in [5.74, 6) is 1.53. The van der Waals surface area contributed by atoms with E-state index in [1.165, 1.54) is 23.8 Å². The van der Waals surface area contributed by atoms with E-state index in [9.17, 15) is 4.79 Å². The number of H-pyrrole nitrogens is 1.